The lowest BCUT2D eigenvalue weighted by Crippen LogP contribution is -2.31. The van der Waals surface area contributed by atoms with Crippen molar-refractivity contribution in [2.75, 3.05) is 5.33 Å². The minimum atomic E-state index is -0.608. The van der Waals surface area contributed by atoms with Gasteiger partial charge in [0, 0.05) is 29.5 Å². The summed E-state index contributed by atoms with van der Waals surface area (Å²) in [6.07, 6.45) is 4.51. The molecule has 2 aromatic heterocycles. The van der Waals surface area contributed by atoms with Gasteiger partial charge in [-0.3, -0.25) is 0 Å². The summed E-state index contributed by atoms with van der Waals surface area (Å²) in [5.41, 5.74) is 15.1. The van der Waals surface area contributed by atoms with Crippen LogP contribution in [-0.2, 0) is 10.8 Å². The fraction of sp³-hybridized carbons (Fsp3) is 0.163. The van der Waals surface area contributed by atoms with E-state index in [9.17, 15) is 0 Å². The highest BCUT2D eigenvalue weighted by Gasteiger charge is 2.51. The van der Waals surface area contributed by atoms with Gasteiger partial charge in [0.2, 0.25) is 0 Å². The smallest absolute Gasteiger partial charge is 0.0736 e. The Hall–Kier alpha value is -3.84. The van der Waals surface area contributed by atoms with Gasteiger partial charge in [0.1, 0.15) is 0 Å². The molecular weight excluding hydrogens is 797 g/mol. The van der Waals surface area contributed by atoms with Crippen LogP contribution in [0.4, 0.5) is 0 Å². The van der Waals surface area contributed by atoms with Gasteiger partial charge in [-0.25, -0.2) is 0 Å². The molecule has 0 saturated heterocycles. The number of aryl methyl sites for hydroxylation is 5. The Morgan fingerprint density at radius 3 is 1.59 bits per heavy atom. The van der Waals surface area contributed by atoms with Crippen LogP contribution in [-0.4, -0.2) is 10.2 Å². The van der Waals surface area contributed by atoms with E-state index < -0.39 is 10.8 Å². The fourth-order valence-corrected chi connectivity index (χ4v) is 12.5. The first-order valence-electron chi connectivity index (χ1n) is 18.3. The van der Waals surface area contributed by atoms with E-state index in [-0.39, 0.29) is 0 Å². The third-order valence-electron chi connectivity index (χ3n) is 11.5. The molecule has 5 heteroatoms. The van der Waals surface area contributed by atoms with E-state index in [1.807, 2.05) is 22.7 Å². The number of hydrogen-bond donors (Lipinski definition) is 1. The molecule has 5 aromatic carbocycles. The normalized spacial score (nSPS) is 16.2. The van der Waals surface area contributed by atoms with Crippen molar-refractivity contribution in [2.45, 2.75) is 50.3 Å². The highest BCUT2D eigenvalue weighted by Crippen LogP contribution is 2.64. The van der Waals surface area contributed by atoms with Crippen LogP contribution < -0.4 is 0 Å². The largest absolute Gasteiger partial charge is 0.143 e. The Morgan fingerprint density at radius 1 is 0.630 bits per heavy atom. The molecule has 0 saturated carbocycles. The van der Waals surface area contributed by atoms with Gasteiger partial charge in [0.15, 0.2) is 0 Å². The number of thiocarbonyl (C=S) groups is 1. The predicted octanol–water partition coefficient (Wildman–Crippen LogP) is 14.2. The third-order valence-corrected chi connectivity index (χ3v) is 14.9. The Morgan fingerprint density at radius 2 is 1.11 bits per heavy atom. The van der Waals surface area contributed by atoms with Crippen molar-refractivity contribution >= 4 is 84.0 Å². The molecule has 7 aromatic rings. The van der Waals surface area contributed by atoms with Crippen molar-refractivity contribution in [2.24, 2.45) is 0 Å². The zero-order valence-corrected chi connectivity index (χ0v) is 35.8. The Kier molecular flexibility index (Phi) is 8.91. The molecule has 2 aliphatic rings. The van der Waals surface area contributed by atoms with Crippen LogP contribution in [0.1, 0.15) is 66.1 Å². The van der Waals surface area contributed by atoms with E-state index in [1.165, 1.54) is 85.9 Å². The average molecular weight is 836 g/mol. The average Bonchev–Trinajstić information content (AvgIpc) is 3.87. The molecule has 0 bridgehead atoms. The molecule has 0 unspecified atom stereocenters. The summed E-state index contributed by atoms with van der Waals surface area (Å²) >= 11 is 19.3. The van der Waals surface area contributed by atoms with Crippen LogP contribution in [0.2, 0.25) is 0 Å². The number of allylic oxidation sites excluding steroid dienone is 4. The summed E-state index contributed by atoms with van der Waals surface area (Å²) in [5.74, 6) is 0. The van der Waals surface area contributed by atoms with E-state index in [0.717, 1.165) is 20.9 Å². The maximum Gasteiger partial charge on any atom is 0.0736 e. The second-order valence-corrected chi connectivity index (χ2v) is 18.8. The molecule has 0 nitrogen and oxygen atoms in total. The Bertz CT molecular complexity index is 2590. The number of thiophene rings is 2. The number of rotatable bonds is 6. The SMILES string of the molecule is Cc1ccc(C2(c3ccc(C)cc3)C(=CCBr)C(=S)C=C2c2cc3sc4c(c3cc2S)C(c2ccc(C)cc2)(c2ccc(C)cc2)c2cc(C)sc2-4)cc1. The molecule has 9 rings (SSSR count). The van der Waals surface area contributed by atoms with Gasteiger partial charge < -0.3 is 0 Å². The lowest BCUT2D eigenvalue weighted by molar-refractivity contribution is 0.777. The van der Waals surface area contributed by atoms with Crippen LogP contribution in [0.5, 0.6) is 0 Å². The summed E-state index contributed by atoms with van der Waals surface area (Å²) in [6, 6.07) is 43.7. The highest BCUT2D eigenvalue weighted by molar-refractivity contribution is 9.09. The van der Waals surface area contributed by atoms with Crippen molar-refractivity contribution in [1.82, 2.24) is 0 Å². The van der Waals surface area contributed by atoms with Crippen LogP contribution in [0.3, 0.4) is 0 Å². The Labute approximate surface area is 345 Å². The number of hydrogen-bond acceptors (Lipinski definition) is 4. The summed E-state index contributed by atoms with van der Waals surface area (Å²) in [6.45, 7) is 10.9. The summed E-state index contributed by atoms with van der Waals surface area (Å²) in [5, 5.41) is 1.97. The van der Waals surface area contributed by atoms with Gasteiger partial charge in [-0.15, -0.1) is 35.3 Å². The van der Waals surface area contributed by atoms with Crippen molar-refractivity contribution in [1.29, 1.82) is 0 Å². The number of halogens is 1. The molecular formula is C49H39BrS4. The third kappa shape index (κ3) is 5.23. The number of thiol groups is 1. The van der Waals surface area contributed by atoms with E-state index in [4.69, 9.17) is 24.8 Å². The van der Waals surface area contributed by atoms with Crippen LogP contribution in [0, 0.1) is 34.6 Å². The van der Waals surface area contributed by atoms with Crippen LogP contribution in [0.15, 0.2) is 138 Å². The van der Waals surface area contributed by atoms with Crippen LogP contribution in [0.25, 0.3) is 25.4 Å². The molecule has 54 heavy (non-hydrogen) atoms. The first-order chi connectivity index (χ1) is 26.1. The van der Waals surface area contributed by atoms with Crippen LogP contribution >= 0.6 is 63.5 Å². The molecule has 0 amide bonds. The van der Waals surface area contributed by atoms with Crippen molar-refractivity contribution in [3.05, 3.63) is 199 Å². The van der Waals surface area contributed by atoms with Gasteiger partial charge in [-0.05, 0) is 114 Å². The van der Waals surface area contributed by atoms with Gasteiger partial charge >= 0.3 is 0 Å². The summed E-state index contributed by atoms with van der Waals surface area (Å²) in [7, 11) is 0. The van der Waals surface area contributed by atoms with Gasteiger partial charge in [0.05, 0.1) is 15.7 Å². The van der Waals surface area contributed by atoms with Crippen molar-refractivity contribution in [3.8, 4) is 9.75 Å². The molecule has 266 valence electrons. The quantitative estimate of drug-likeness (QED) is 0.0753. The fourth-order valence-electron chi connectivity index (χ4n) is 9.00. The second-order valence-electron chi connectivity index (χ2n) is 14.9. The number of fused-ring (bicyclic) bond motifs is 5. The minimum absolute atomic E-state index is 0.454. The molecule has 0 atom stereocenters. The molecule has 2 aliphatic carbocycles. The molecule has 0 spiro atoms. The number of benzene rings is 5. The Balaban J connectivity index is 1.35. The molecule has 0 fully saturated rings. The number of alkyl halides is 1. The molecule has 0 N–H and O–H groups in total. The van der Waals surface area contributed by atoms with Gasteiger partial charge in [0.25, 0.3) is 0 Å². The zero-order chi connectivity index (χ0) is 37.5. The van der Waals surface area contributed by atoms with E-state index in [1.54, 1.807) is 0 Å². The van der Waals surface area contributed by atoms with Gasteiger partial charge in [-0.1, -0.05) is 154 Å². The van der Waals surface area contributed by atoms with Crippen molar-refractivity contribution in [3.63, 3.8) is 0 Å². The molecule has 2 heterocycles. The van der Waals surface area contributed by atoms with E-state index in [2.05, 4.69) is 178 Å². The van der Waals surface area contributed by atoms with Gasteiger partial charge in [-0.2, -0.15) is 0 Å². The lowest BCUT2D eigenvalue weighted by atomic mass is 9.65. The first-order valence-corrected chi connectivity index (χ1v) is 21.9. The van der Waals surface area contributed by atoms with E-state index >= 15 is 0 Å². The summed E-state index contributed by atoms with van der Waals surface area (Å²) in [4.78, 5) is 5.89. The lowest BCUT2D eigenvalue weighted by Gasteiger charge is -2.37. The maximum absolute atomic E-state index is 6.29. The standard InChI is InChI=1S/C49H39BrS4/c1-28-6-14-33(15-7-28)48(34-16-8-29(2)9-17-34)39(22-23-50)43(52)27-40(48)37-26-44-38(25-42(37)51)45-47(54-44)46-41(24-32(5)53-46)49(45,35-18-10-30(3)11-19-35)36-20-12-31(4)13-21-36/h6-22,24-27,51H,23H2,1-5H3. The minimum Gasteiger partial charge on any atom is -0.143 e. The highest BCUT2D eigenvalue weighted by atomic mass is 79.9. The first kappa shape index (κ1) is 35.8. The maximum atomic E-state index is 6.29. The summed E-state index contributed by atoms with van der Waals surface area (Å²) < 4.78 is 1.26. The second kappa shape index (κ2) is 13.4. The molecule has 0 radical (unpaired) electrons. The predicted molar refractivity (Wildman–Crippen MR) is 244 cm³/mol. The zero-order valence-electron chi connectivity index (χ0n) is 30.9. The monoisotopic (exact) mass is 834 g/mol. The van der Waals surface area contributed by atoms with Crippen molar-refractivity contribution < 1.29 is 0 Å². The molecule has 0 aliphatic heterocycles. The van der Waals surface area contributed by atoms with E-state index in [0.29, 0.717) is 5.33 Å². The topological polar surface area (TPSA) is 0 Å².